The molecule has 1 atom stereocenters. The van der Waals surface area contributed by atoms with Crippen LogP contribution in [0.5, 0.6) is 0 Å². The third-order valence-electron chi connectivity index (χ3n) is 4.58. The van der Waals surface area contributed by atoms with E-state index in [2.05, 4.69) is 17.6 Å². The fourth-order valence-electron chi connectivity index (χ4n) is 3.35. The standard InChI is InChI=1S/C16H29N3O2.ClH/c1-2-9-19-10-8-17-14(16(19)21)11-15(20)18-12-13-6-4-3-5-7-13;/h13-14,17H,2-12H2,1H3,(H,18,20);1H. The van der Waals surface area contributed by atoms with Gasteiger partial charge in [-0.15, -0.1) is 12.4 Å². The fourth-order valence-corrected chi connectivity index (χ4v) is 3.35. The second-order valence-electron chi connectivity index (χ2n) is 6.34. The van der Waals surface area contributed by atoms with Crippen LogP contribution in [-0.4, -0.2) is 48.9 Å². The van der Waals surface area contributed by atoms with E-state index in [1.165, 1.54) is 32.1 Å². The summed E-state index contributed by atoms with van der Waals surface area (Å²) in [6, 6.07) is -0.336. The van der Waals surface area contributed by atoms with Crippen molar-refractivity contribution in [3.8, 4) is 0 Å². The first kappa shape index (κ1) is 19.2. The Morgan fingerprint density at radius 3 is 2.73 bits per heavy atom. The molecule has 0 aromatic heterocycles. The van der Waals surface area contributed by atoms with Crippen molar-refractivity contribution in [3.63, 3.8) is 0 Å². The Bertz CT molecular complexity index is 357. The number of carbonyl (C=O) groups is 2. The van der Waals surface area contributed by atoms with Crippen molar-refractivity contribution in [3.05, 3.63) is 0 Å². The molecule has 2 rings (SSSR count). The van der Waals surface area contributed by atoms with Gasteiger partial charge in [0.2, 0.25) is 11.8 Å². The van der Waals surface area contributed by atoms with Crippen LogP contribution in [0.15, 0.2) is 0 Å². The lowest BCUT2D eigenvalue weighted by atomic mass is 9.89. The summed E-state index contributed by atoms with van der Waals surface area (Å²) in [5.41, 5.74) is 0. The van der Waals surface area contributed by atoms with Gasteiger partial charge in [0.15, 0.2) is 0 Å². The minimum absolute atomic E-state index is 0. The summed E-state index contributed by atoms with van der Waals surface area (Å²) < 4.78 is 0. The second kappa shape index (κ2) is 10.1. The van der Waals surface area contributed by atoms with Crippen molar-refractivity contribution in [2.75, 3.05) is 26.2 Å². The first-order valence-electron chi connectivity index (χ1n) is 8.49. The highest BCUT2D eigenvalue weighted by Crippen LogP contribution is 2.22. The Morgan fingerprint density at radius 1 is 1.32 bits per heavy atom. The Balaban J connectivity index is 0.00000242. The molecule has 2 fully saturated rings. The van der Waals surface area contributed by atoms with Gasteiger partial charge < -0.3 is 15.5 Å². The van der Waals surface area contributed by atoms with E-state index in [-0.39, 0.29) is 36.7 Å². The number of hydrogen-bond acceptors (Lipinski definition) is 3. The highest BCUT2D eigenvalue weighted by molar-refractivity contribution is 5.88. The maximum absolute atomic E-state index is 12.2. The molecule has 0 spiro atoms. The monoisotopic (exact) mass is 331 g/mol. The lowest BCUT2D eigenvalue weighted by molar-refractivity contribution is -0.138. The van der Waals surface area contributed by atoms with Crippen LogP contribution >= 0.6 is 12.4 Å². The summed E-state index contributed by atoms with van der Waals surface area (Å²) in [6.45, 7) is 5.18. The SMILES string of the molecule is CCCN1CCNC(CC(=O)NCC2CCCCC2)C1=O.Cl. The predicted octanol–water partition coefficient (Wildman–Crippen LogP) is 1.71. The van der Waals surface area contributed by atoms with E-state index >= 15 is 0 Å². The number of carbonyl (C=O) groups excluding carboxylic acids is 2. The van der Waals surface area contributed by atoms with E-state index in [0.717, 1.165) is 32.6 Å². The zero-order chi connectivity index (χ0) is 15.1. The zero-order valence-electron chi connectivity index (χ0n) is 13.6. The molecular formula is C16H30ClN3O2. The van der Waals surface area contributed by atoms with E-state index in [1.807, 2.05) is 4.90 Å². The Kier molecular flexibility index (Phi) is 8.79. The summed E-state index contributed by atoms with van der Waals surface area (Å²) in [7, 11) is 0. The summed E-state index contributed by atoms with van der Waals surface area (Å²) in [6.07, 6.45) is 7.59. The Labute approximate surface area is 140 Å². The van der Waals surface area contributed by atoms with Crippen LogP contribution in [0.25, 0.3) is 0 Å². The van der Waals surface area contributed by atoms with E-state index < -0.39 is 0 Å². The highest BCUT2D eigenvalue weighted by Gasteiger charge is 2.29. The number of amides is 2. The van der Waals surface area contributed by atoms with Gasteiger partial charge in [-0.1, -0.05) is 26.2 Å². The van der Waals surface area contributed by atoms with Crippen molar-refractivity contribution in [1.82, 2.24) is 15.5 Å². The van der Waals surface area contributed by atoms with Crippen molar-refractivity contribution in [2.24, 2.45) is 5.92 Å². The van der Waals surface area contributed by atoms with Gasteiger partial charge in [0.05, 0.1) is 12.5 Å². The third kappa shape index (κ3) is 5.76. The summed E-state index contributed by atoms with van der Waals surface area (Å²) in [5.74, 6) is 0.718. The van der Waals surface area contributed by atoms with Crippen molar-refractivity contribution < 1.29 is 9.59 Å². The van der Waals surface area contributed by atoms with Gasteiger partial charge in [0, 0.05) is 26.2 Å². The van der Waals surface area contributed by atoms with Crippen LogP contribution in [0.3, 0.4) is 0 Å². The van der Waals surface area contributed by atoms with E-state index in [0.29, 0.717) is 5.92 Å². The minimum atomic E-state index is -0.336. The molecule has 128 valence electrons. The van der Waals surface area contributed by atoms with E-state index in [1.54, 1.807) is 0 Å². The molecule has 6 heteroatoms. The number of rotatable bonds is 6. The van der Waals surface area contributed by atoms with Crippen molar-refractivity contribution in [2.45, 2.75) is 57.9 Å². The molecule has 0 aromatic carbocycles. The number of nitrogens with one attached hydrogen (secondary N) is 2. The number of hydrogen-bond donors (Lipinski definition) is 2. The molecule has 1 aliphatic heterocycles. The molecular weight excluding hydrogens is 302 g/mol. The smallest absolute Gasteiger partial charge is 0.240 e. The van der Waals surface area contributed by atoms with Crippen LogP contribution in [0.4, 0.5) is 0 Å². The molecule has 1 saturated heterocycles. The molecule has 1 heterocycles. The first-order valence-corrected chi connectivity index (χ1v) is 8.49. The second-order valence-corrected chi connectivity index (χ2v) is 6.34. The Morgan fingerprint density at radius 2 is 2.05 bits per heavy atom. The molecule has 2 amide bonds. The molecule has 1 unspecified atom stereocenters. The highest BCUT2D eigenvalue weighted by atomic mass is 35.5. The van der Waals surface area contributed by atoms with E-state index in [4.69, 9.17) is 0 Å². The molecule has 5 nitrogen and oxygen atoms in total. The predicted molar refractivity (Wildman–Crippen MR) is 90.1 cm³/mol. The van der Waals surface area contributed by atoms with Gasteiger partial charge in [0.1, 0.15) is 0 Å². The van der Waals surface area contributed by atoms with Gasteiger partial charge in [-0.2, -0.15) is 0 Å². The molecule has 2 aliphatic rings. The number of nitrogens with zero attached hydrogens (tertiary/aromatic N) is 1. The minimum Gasteiger partial charge on any atom is -0.356 e. The molecule has 22 heavy (non-hydrogen) atoms. The molecule has 1 aliphatic carbocycles. The zero-order valence-corrected chi connectivity index (χ0v) is 14.4. The average molecular weight is 332 g/mol. The summed E-state index contributed by atoms with van der Waals surface area (Å²) in [5, 5.41) is 6.19. The van der Waals surface area contributed by atoms with Crippen LogP contribution < -0.4 is 10.6 Å². The molecule has 1 saturated carbocycles. The summed E-state index contributed by atoms with van der Waals surface area (Å²) in [4.78, 5) is 26.2. The van der Waals surface area contributed by atoms with Crippen LogP contribution in [0.2, 0.25) is 0 Å². The fraction of sp³-hybridized carbons (Fsp3) is 0.875. The number of piperazine rings is 1. The lowest BCUT2D eigenvalue weighted by Crippen LogP contribution is -2.56. The van der Waals surface area contributed by atoms with Crippen LogP contribution in [0, 0.1) is 5.92 Å². The van der Waals surface area contributed by atoms with Gasteiger partial charge in [-0.3, -0.25) is 9.59 Å². The maximum Gasteiger partial charge on any atom is 0.240 e. The summed E-state index contributed by atoms with van der Waals surface area (Å²) >= 11 is 0. The van der Waals surface area contributed by atoms with Gasteiger partial charge in [-0.05, 0) is 25.2 Å². The van der Waals surface area contributed by atoms with Crippen LogP contribution in [0.1, 0.15) is 51.9 Å². The Hall–Kier alpha value is -0.810. The molecule has 0 aromatic rings. The molecule has 0 bridgehead atoms. The van der Waals surface area contributed by atoms with Crippen molar-refractivity contribution >= 4 is 24.2 Å². The molecule has 2 N–H and O–H groups in total. The van der Waals surface area contributed by atoms with Crippen molar-refractivity contribution in [1.29, 1.82) is 0 Å². The van der Waals surface area contributed by atoms with Crippen LogP contribution in [-0.2, 0) is 9.59 Å². The van der Waals surface area contributed by atoms with Gasteiger partial charge >= 0.3 is 0 Å². The number of halogens is 1. The first-order chi connectivity index (χ1) is 10.2. The van der Waals surface area contributed by atoms with Gasteiger partial charge in [-0.25, -0.2) is 0 Å². The lowest BCUT2D eigenvalue weighted by Gasteiger charge is -2.32. The average Bonchev–Trinajstić information content (AvgIpc) is 2.50. The van der Waals surface area contributed by atoms with E-state index in [9.17, 15) is 9.59 Å². The normalized spacial score (nSPS) is 23.0. The van der Waals surface area contributed by atoms with Gasteiger partial charge in [0.25, 0.3) is 0 Å². The largest absolute Gasteiger partial charge is 0.356 e. The third-order valence-corrected chi connectivity index (χ3v) is 4.58. The maximum atomic E-state index is 12.2. The quantitative estimate of drug-likeness (QED) is 0.779. The molecule has 0 radical (unpaired) electrons. The topological polar surface area (TPSA) is 61.4 Å².